The summed E-state index contributed by atoms with van der Waals surface area (Å²) in [4.78, 5) is 1.94. The van der Waals surface area contributed by atoms with Gasteiger partial charge in [0, 0.05) is 31.5 Å². The van der Waals surface area contributed by atoms with Gasteiger partial charge in [0.1, 0.15) is 0 Å². The van der Waals surface area contributed by atoms with Crippen molar-refractivity contribution < 1.29 is 8.42 Å². The van der Waals surface area contributed by atoms with Crippen LogP contribution in [0.4, 0.5) is 22.9 Å². The highest BCUT2D eigenvalue weighted by molar-refractivity contribution is 7.91. The van der Waals surface area contributed by atoms with Gasteiger partial charge in [-0.3, -0.25) is 4.72 Å². The predicted molar refractivity (Wildman–Crippen MR) is 114 cm³/mol. The normalized spacial score (nSPS) is 11.1. The third kappa shape index (κ3) is 5.43. The fourth-order valence-electron chi connectivity index (χ4n) is 2.55. The minimum Gasteiger partial charge on any atom is -0.376 e. The molecular formula is C20H23N5O2S. The van der Waals surface area contributed by atoms with Crippen molar-refractivity contribution in [3.63, 3.8) is 0 Å². The molecule has 0 saturated carbocycles. The summed E-state index contributed by atoms with van der Waals surface area (Å²) in [7, 11) is 0.372. The van der Waals surface area contributed by atoms with E-state index in [-0.39, 0.29) is 5.75 Å². The largest absolute Gasteiger partial charge is 0.376 e. The lowest BCUT2D eigenvalue weighted by atomic mass is 10.2. The first-order chi connectivity index (χ1) is 13.3. The standard InChI is InChI=1S/C20H23N5O2S/c1-15-4-6-16(7-5-15)14-28(26,27)24-18-10-8-17(9-11-18)22-20-12-19(25(2)3)13-21-23-20/h4-13,24H,14H2,1-3H3,(H,22,23). The van der Waals surface area contributed by atoms with Crippen LogP contribution < -0.4 is 14.9 Å². The molecule has 0 aliphatic rings. The summed E-state index contributed by atoms with van der Waals surface area (Å²) in [6.45, 7) is 1.97. The summed E-state index contributed by atoms with van der Waals surface area (Å²) < 4.78 is 27.4. The van der Waals surface area contributed by atoms with Crippen molar-refractivity contribution in [2.45, 2.75) is 12.7 Å². The number of hydrogen-bond donors (Lipinski definition) is 2. The molecule has 7 nitrogen and oxygen atoms in total. The molecule has 0 radical (unpaired) electrons. The molecule has 146 valence electrons. The van der Waals surface area contributed by atoms with Gasteiger partial charge in [0.05, 0.1) is 17.6 Å². The molecule has 0 aliphatic heterocycles. The van der Waals surface area contributed by atoms with Crippen molar-refractivity contribution in [1.82, 2.24) is 10.2 Å². The van der Waals surface area contributed by atoms with Gasteiger partial charge in [0.25, 0.3) is 0 Å². The van der Waals surface area contributed by atoms with Crippen LogP contribution in [0.15, 0.2) is 60.8 Å². The van der Waals surface area contributed by atoms with Crippen molar-refractivity contribution >= 4 is 32.9 Å². The second-order valence-electron chi connectivity index (χ2n) is 6.74. The second kappa shape index (κ2) is 8.26. The maximum Gasteiger partial charge on any atom is 0.236 e. The molecule has 0 aliphatic carbocycles. The van der Waals surface area contributed by atoms with Crippen LogP contribution in [0.5, 0.6) is 0 Å². The Kier molecular flexibility index (Phi) is 5.79. The average Bonchev–Trinajstić information content (AvgIpc) is 2.65. The first-order valence-electron chi connectivity index (χ1n) is 8.74. The third-order valence-electron chi connectivity index (χ3n) is 4.06. The van der Waals surface area contributed by atoms with Gasteiger partial charge in [-0.25, -0.2) is 8.42 Å². The number of hydrogen-bond acceptors (Lipinski definition) is 6. The number of anilines is 4. The molecule has 0 spiro atoms. The Labute approximate surface area is 165 Å². The van der Waals surface area contributed by atoms with Crippen LogP contribution in [0.2, 0.25) is 0 Å². The van der Waals surface area contributed by atoms with Gasteiger partial charge >= 0.3 is 0 Å². The molecule has 8 heteroatoms. The minimum atomic E-state index is -3.49. The van der Waals surface area contributed by atoms with Crippen molar-refractivity contribution in [2.24, 2.45) is 0 Å². The number of nitrogens with one attached hydrogen (secondary N) is 2. The number of aryl methyl sites for hydroxylation is 1. The highest BCUT2D eigenvalue weighted by Gasteiger charge is 2.12. The number of nitrogens with zero attached hydrogens (tertiary/aromatic N) is 3. The summed E-state index contributed by atoms with van der Waals surface area (Å²) in [5.74, 6) is 0.541. The topological polar surface area (TPSA) is 87.2 Å². The zero-order valence-electron chi connectivity index (χ0n) is 16.0. The molecule has 0 atom stereocenters. The SMILES string of the molecule is Cc1ccc(CS(=O)(=O)Nc2ccc(Nc3cc(N(C)C)cnn3)cc2)cc1. The Morgan fingerprint density at radius 1 is 0.964 bits per heavy atom. The van der Waals surface area contributed by atoms with Crippen molar-refractivity contribution in [2.75, 3.05) is 29.0 Å². The highest BCUT2D eigenvalue weighted by Crippen LogP contribution is 2.21. The van der Waals surface area contributed by atoms with Crippen LogP contribution in [0, 0.1) is 6.92 Å². The molecule has 0 unspecified atom stereocenters. The van der Waals surface area contributed by atoms with Gasteiger partial charge in [0.2, 0.25) is 10.0 Å². The maximum absolute atomic E-state index is 12.4. The smallest absolute Gasteiger partial charge is 0.236 e. The van der Waals surface area contributed by atoms with Crippen LogP contribution in [-0.2, 0) is 15.8 Å². The van der Waals surface area contributed by atoms with E-state index in [0.29, 0.717) is 11.5 Å². The maximum atomic E-state index is 12.4. The Bertz CT molecular complexity index is 1030. The number of benzene rings is 2. The van der Waals surface area contributed by atoms with Gasteiger partial charge in [0.15, 0.2) is 5.82 Å². The lowest BCUT2D eigenvalue weighted by Gasteiger charge is -2.13. The minimum absolute atomic E-state index is 0.0692. The Morgan fingerprint density at radius 2 is 1.61 bits per heavy atom. The third-order valence-corrected chi connectivity index (χ3v) is 5.32. The van der Waals surface area contributed by atoms with E-state index < -0.39 is 10.0 Å². The fraction of sp³-hybridized carbons (Fsp3) is 0.200. The van der Waals surface area contributed by atoms with Crippen LogP contribution in [0.25, 0.3) is 0 Å². The molecule has 0 saturated heterocycles. The Morgan fingerprint density at radius 3 is 2.25 bits per heavy atom. The van der Waals surface area contributed by atoms with Crippen LogP contribution >= 0.6 is 0 Å². The molecule has 2 aromatic carbocycles. The molecular weight excluding hydrogens is 374 g/mol. The molecule has 3 rings (SSSR count). The summed E-state index contributed by atoms with van der Waals surface area (Å²) in [5, 5.41) is 11.2. The molecule has 28 heavy (non-hydrogen) atoms. The molecule has 2 N–H and O–H groups in total. The lowest BCUT2D eigenvalue weighted by molar-refractivity contribution is 0.600. The van der Waals surface area contributed by atoms with Gasteiger partial charge in [-0.1, -0.05) is 29.8 Å². The quantitative estimate of drug-likeness (QED) is 0.634. The van der Waals surface area contributed by atoms with E-state index in [0.717, 1.165) is 22.5 Å². The van der Waals surface area contributed by atoms with E-state index >= 15 is 0 Å². The zero-order chi connectivity index (χ0) is 20.1. The molecule has 0 bridgehead atoms. The summed E-state index contributed by atoms with van der Waals surface area (Å²) in [5.41, 5.74) is 4.06. The highest BCUT2D eigenvalue weighted by atomic mass is 32.2. The van der Waals surface area contributed by atoms with E-state index in [1.807, 2.05) is 56.3 Å². The number of aromatic nitrogens is 2. The predicted octanol–water partition coefficient (Wildman–Crippen LogP) is 3.54. The zero-order valence-corrected chi connectivity index (χ0v) is 16.9. The van der Waals surface area contributed by atoms with Gasteiger partial charge < -0.3 is 10.2 Å². The van der Waals surface area contributed by atoms with Crippen LogP contribution in [-0.4, -0.2) is 32.7 Å². The van der Waals surface area contributed by atoms with Crippen molar-refractivity contribution in [3.05, 3.63) is 71.9 Å². The first-order valence-corrected chi connectivity index (χ1v) is 10.4. The second-order valence-corrected chi connectivity index (χ2v) is 8.46. The average molecular weight is 398 g/mol. The van der Waals surface area contributed by atoms with E-state index in [2.05, 4.69) is 20.2 Å². The van der Waals surface area contributed by atoms with Gasteiger partial charge in [-0.2, -0.15) is 5.10 Å². The van der Waals surface area contributed by atoms with Crippen molar-refractivity contribution in [3.8, 4) is 0 Å². The van der Waals surface area contributed by atoms with Crippen LogP contribution in [0.1, 0.15) is 11.1 Å². The summed E-state index contributed by atoms with van der Waals surface area (Å²) >= 11 is 0. The lowest BCUT2D eigenvalue weighted by Crippen LogP contribution is -2.15. The fourth-order valence-corrected chi connectivity index (χ4v) is 3.75. The van der Waals surface area contributed by atoms with E-state index in [9.17, 15) is 8.42 Å². The molecule has 3 aromatic rings. The molecule has 1 heterocycles. The van der Waals surface area contributed by atoms with Gasteiger partial charge in [-0.15, -0.1) is 5.10 Å². The number of rotatable bonds is 7. The molecule has 1 aromatic heterocycles. The van der Waals surface area contributed by atoms with Crippen molar-refractivity contribution in [1.29, 1.82) is 0 Å². The molecule has 0 amide bonds. The van der Waals surface area contributed by atoms with E-state index in [1.165, 1.54) is 0 Å². The van der Waals surface area contributed by atoms with E-state index in [1.54, 1.807) is 30.5 Å². The summed E-state index contributed by atoms with van der Waals surface area (Å²) in [6, 6.07) is 16.3. The van der Waals surface area contributed by atoms with E-state index in [4.69, 9.17) is 0 Å². The first kappa shape index (κ1) is 19.6. The Hall–Kier alpha value is -3.13. The number of sulfonamides is 1. The molecule has 0 fully saturated rings. The van der Waals surface area contributed by atoms with Gasteiger partial charge in [-0.05, 0) is 36.8 Å². The monoisotopic (exact) mass is 397 g/mol. The summed E-state index contributed by atoms with van der Waals surface area (Å²) in [6.07, 6.45) is 1.68. The van der Waals surface area contributed by atoms with Crippen LogP contribution in [0.3, 0.4) is 0 Å². The Balaban J connectivity index is 1.65.